The molecule has 0 saturated carbocycles. The lowest BCUT2D eigenvalue weighted by molar-refractivity contribution is 0.520. The summed E-state index contributed by atoms with van der Waals surface area (Å²) in [4.78, 5) is 0.331. The molecule has 0 spiro atoms. The fourth-order valence-electron chi connectivity index (χ4n) is 1.32. The molecule has 0 fully saturated rings. The normalized spacial score (nSPS) is 14.1. The Kier molecular flexibility index (Phi) is 4.07. The number of sulfonamides is 1. The zero-order chi connectivity index (χ0) is 12.3. The van der Waals surface area contributed by atoms with Gasteiger partial charge in [0, 0.05) is 20.1 Å². The maximum absolute atomic E-state index is 11.9. The second-order valence-electron chi connectivity index (χ2n) is 3.87. The van der Waals surface area contributed by atoms with E-state index in [1.54, 1.807) is 18.2 Å². The lowest BCUT2D eigenvalue weighted by Gasteiger charge is -2.15. The van der Waals surface area contributed by atoms with Crippen molar-refractivity contribution in [2.45, 2.75) is 17.9 Å². The van der Waals surface area contributed by atoms with E-state index in [2.05, 4.69) is 5.32 Å². The molecule has 4 nitrogen and oxygen atoms in total. The van der Waals surface area contributed by atoms with Gasteiger partial charge in [0.2, 0.25) is 10.0 Å². The summed E-state index contributed by atoms with van der Waals surface area (Å²) >= 11 is 0. The molecule has 1 N–H and O–H groups in total. The van der Waals surface area contributed by atoms with Crippen LogP contribution in [0.25, 0.3) is 0 Å². The number of hydrogen-bond acceptors (Lipinski definition) is 3. The molecule has 0 aliphatic rings. The summed E-state index contributed by atoms with van der Waals surface area (Å²) in [5.74, 6) is 0. The Balaban J connectivity index is 3.18. The van der Waals surface area contributed by atoms with Crippen molar-refractivity contribution in [1.82, 2.24) is 9.62 Å². The Bertz CT molecular complexity index is 455. The van der Waals surface area contributed by atoms with Crippen LogP contribution >= 0.6 is 0 Å². The van der Waals surface area contributed by atoms with Crippen molar-refractivity contribution in [3.8, 4) is 0 Å². The Hall–Kier alpha value is -0.910. The molecule has 0 aliphatic heterocycles. The van der Waals surface area contributed by atoms with Gasteiger partial charge in [0.05, 0.1) is 4.90 Å². The summed E-state index contributed by atoms with van der Waals surface area (Å²) in [6, 6.07) is 7.13. The number of nitrogens with one attached hydrogen (secondary N) is 1. The second kappa shape index (κ2) is 4.95. The van der Waals surface area contributed by atoms with E-state index in [1.165, 1.54) is 18.4 Å². The van der Waals surface area contributed by atoms with Crippen molar-refractivity contribution in [3.63, 3.8) is 0 Å². The van der Waals surface area contributed by atoms with E-state index < -0.39 is 10.0 Å². The van der Waals surface area contributed by atoms with Gasteiger partial charge in [0.1, 0.15) is 0 Å². The van der Waals surface area contributed by atoms with Crippen molar-refractivity contribution in [2.75, 3.05) is 21.1 Å². The molecule has 0 aliphatic carbocycles. The molecule has 0 saturated heterocycles. The predicted molar refractivity (Wildman–Crippen MR) is 64.8 cm³/mol. The fourth-order valence-corrected chi connectivity index (χ4v) is 2.28. The van der Waals surface area contributed by atoms with Crippen LogP contribution in [-0.2, 0) is 10.0 Å². The van der Waals surface area contributed by atoms with Crippen molar-refractivity contribution in [1.29, 1.82) is 0 Å². The minimum atomic E-state index is -3.34. The fraction of sp³-hybridized carbons (Fsp3) is 0.455. The zero-order valence-electron chi connectivity index (χ0n) is 10.1. The summed E-state index contributed by atoms with van der Waals surface area (Å²) in [5, 5.41) is 3.08. The van der Waals surface area contributed by atoms with Crippen LogP contribution < -0.4 is 5.32 Å². The lowest BCUT2D eigenvalue weighted by Crippen LogP contribution is -2.22. The molecule has 90 valence electrons. The third-order valence-corrected chi connectivity index (χ3v) is 4.38. The van der Waals surface area contributed by atoms with Crippen LogP contribution in [0.4, 0.5) is 0 Å². The van der Waals surface area contributed by atoms with Gasteiger partial charge in [-0.15, -0.1) is 0 Å². The maximum Gasteiger partial charge on any atom is 0.242 e. The largest absolute Gasteiger partial charge is 0.313 e. The Morgan fingerprint density at radius 3 is 2.44 bits per heavy atom. The highest BCUT2D eigenvalue weighted by molar-refractivity contribution is 7.89. The number of rotatable bonds is 4. The lowest BCUT2D eigenvalue weighted by atomic mass is 10.1. The number of nitrogens with zero attached hydrogens (tertiary/aromatic N) is 1. The molecule has 0 aromatic heterocycles. The van der Waals surface area contributed by atoms with Gasteiger partial charge in [0.25, 0.3) is 0 Å². The summed E-state index contributed by atoms with van der Waals surface area (Å²) in [6.07, 6.45) is 0. The SMILES string of the molecule is CNC(C)c1cccc(S(=O)(=O)N(C)C)c1. The molecule has 1 atom stereocenters. The molecule has 0 heterocycles. The highest BCUT2D eigenvalue weighted by Gasteiger charge is 2.17. The molecule has 0 amide bonds. The Morgan fingerprint density at radius 1 is 1.31 bits per heavy atom. The molecule has 0 radical (unpaired) electrons. The first-order valence-corrected chi connectivity index (χ1v) is 6.53. The molecule has 16 heavy (non-hydrogen) atoms. The van der Waals surface area contributed by atoms with Gasteiger partial charge >= 0.3 is 0 Å². The standard InChI is InChI=1S/C11H18N2O2S/c1-9(12-2)10-6-5-7-11(8-10)16(14,15)13(3)4/h5-9,12H,1-4H3. The van der Waals surface area contributed by atoms with Crippen LogP contribution in [-0.4, -0.2) is 33.9 Å². The van der Waals surface area contributed by atoms with Crippen molar-refractivity contribution < 1.29 is 8.42 Å². The van der Waals surface area contributed by atoms with Gasteiger partial charge in [-0.1, -0.05) is 12.1 Å². The average Bonchev–Trinajstić information content (AvgIpc) is 2.28. The van der Waals surface area contributed by atoms with E-state index in [0.29, 0.717) is 4.90 Å². The van der Waals surface area contributed by atoms with Crippen molar-refractivity contribution in [3.05, 3.63) is 29.8 Å². The monoisotopic (exact) mass is 242 g/mol. The van der Waals surface area contributed by atoms with Crippen molar-refractivity contribution >= 4 is 10.0 Å². The van der Waals surface area contributed by atoms with Crippen molar-refractivity contribution in [2.24, 2.45) is 0 Å². The summed E-state index contributed by atoms with van der Waals surface area (Å²) in [7, 11) is 1.57. The molecule has 1 unspecified atom stereocenters. The van der Waals surface area contributed by atoms with Gasteiger partial charge in [-0.3, -0.25) is 0 Å². The van der Waals surface area contributed by atoms with E-state index >= 15 is 0 Å². The average molecular weight is 242 g/mol. The Labute approximate surface area is 97.3 Å². The first kappa shape index (κ1) is 13.2. The molecular formula is C11H18N2O2S. The highest BCUT2D eigenvalue weighted by Crippen LogP contribution is 2.18. The Morgan fingerprint density at radius 2 is 1.94 bits per heavy atom. The highest BCUT2D eigenvalue weighted by atomic mass is 32.2. The number of hydrogen-bond donors (Lipinski definition) is 1. The minimum absolute atomic E-state index is 0.136. The molecule has 1 aromatic carbocycles. The maximum atomic E-state index is 11.9. The first-order chi connectivity index (χ1) is 7.39. The van der Waals surface area contributed by atoms with Gasteiger partial charge in [-0.05, 0) is 31.7 Å². The van der Waals surface area contributed by atoms with E-state index in [0.717, 1.165) is 5.56 Å². The third kappa shape index (κ3) is 2.61. The minimum Gasteiger partial charge on any atom is -0.313 e. The molecule has 0 bridgehead atoms. The van der Waals surface area contributed by atoms with E-state index in [4.69, 9.17) is 0 Å². The van der Waals surface area contributed by atoms with Crippen LogP contribution in [0.3, 0.4) is 0 Å². The quantitative estimate of drug-likeness (QED) is 0.863. The van der Waals surface area contributed by atoms with Crippen LogP contribution in [0, 0.1) is 0 Å². The smallest absolute Gasteiger partial charge is 0.242 e. The zero-order valence-corrected chi connectivity index (χ0v) is 10.9. The molecule has 5 heteroatoms. The molecule has 1 rings (SSSR count). The predicted octanol–water partition coefficient (Wildman–Crippen LogP) is 1.22. The van der Waals surface area contributed by atoms with Gasteiger partial charge in [-0.25, -0.2) is 12.7 Å². The van der Waals surface area contributed by atoms with E-state index in [1.807, 2.05) is 20.0 Å². The summed E-state index contributed by atoms with van der Waals surface area (Å²) < 4.78 is 25.0. The van der Waals surface area contributed by atoms with E-state index in [-0.39, 0.29) is 6.04 Å². The van der Waals surface area contributed by atoms with Gasteiger partial charge in [0.15, 0.2) is 0 Å². The van der Waals surface area contributed by atoms with Crippen LogP contribution in [0.2, 0.25) is 0 Å². The number of benzene rings is 1. The molecular weight excluding hydrogens is 224 g/mol. The van der Waals surface area contributed by atoms with Gasteiger partial charge < -0.3 is 5.32 Å². The van der Waals surface area contributed by atoms with Crippen LogP contribution in [0.5, 0.6) is 0 Å². The van der Waals surface area contributed by atoms with Crippen LogP contribution in [0.1, 0.15) is 18.5 Å². The topological polar surface area (TPSA) is 49.4 Å². The third-order valence-electron chi connectivity index (χ3n) is 2.57. The molecule has 1 aromatic rings. The van der Waals surface area contributed by atoms with E-state index in [9.17, 15) is 8.42 Å². The summed E-state index contributed by atoms with van der Waals surface area (Å²) in [6.45, 7) is 1.99. The van der Waals surface area contributed by atoms with Crippen LogP contribution in [0.15, 0.2) is 29.2 Å². The second-order valence-corrected chi connectivity index (χ2v) is 6.02. The van der Waals surface area contributed by atoms with Gasteiger partial charge in [-0.2, -0.15) is 0 Å². The first-order valence-electron chi connectivity index (χ1n) is 5.09. The summed E-state index contributed by atoms with van der Waals surface area (Å²) in [5.41, 5.74) is 0.963.